The van der Waals surface area contributed by atoms with Crippen molar-refractivity contribution in [3.8, 4) is 17.2 Å². The fourth-order valence-electron chi connectivity index (χ4n) is 3.88. The number of rotatable bonds is 9. The Bertz CT molecular complexity index is 941. The van der Waals surface area contributed by atoms with E-state index in [-0.39, 0.29) is 23.3 Å². The lowest BCUT2D eigenvalue weighted by molar-refractivity contribution is -0.123. The van der Waals surface area contributed by atoms with Gasteiger partial charge < -0.3 is 14.2 Å². The molecule has 1 N–H and O–H groups in total. The minimum absolute atomic E-state index is 0.0601. The van der Waals surface area contributed by atoms with Gasteiger partial charge >= 0.3 is 0 Å². The third-order valence-corrected chi connectivity index (χ3v) is 5.13. The molecule has 0 heterocycles. The van der Waals surface area contributed by atoms with Gasteiger partial charge in [-0.05, 0) is 60.1 Å². The van der Waals surface area contributed by atoms with Crippen molar-refractivity contribution in [2.75, 3.05) is 20.8 Å². The molecule has 0 spiro atoms. The molecule has 2 aromatic rings. The Morgan fingerprint density at radius 2 is 1.56 bits per heavy atom. The molecular formula is C26H36N2O4. The number of nitrogens with zero attached hydrogens (tertiary/aromatic N) is 1. The second-order valence-corrected chi connectivity index (χ2v) is 9.74. The van der Waals surface area contributed by atoms with Crippen molar-refractivity contribution in [3.05, 3.63) is 53.6 Å². The molecule has 6 nitrogen and oxygen atoms in total. The minimum atomic E-state index is -0.332. The molecule has 2 aromatic carbocycles. The molecule has 0 aliphatic carbocycles. The average Bonchev–Trinajstić information content (AvgIpc) is 2.74. The number of amides is 1. The third-order valence-electron chi connectivity index (χ3n) is 5.13. The van der Waals surface area contributed by atoms with Crippen molar-refractivity contribution in [1.29, 1.82) is 0 Å². The number of nitrogens with one attached hydrogen (secondary N) is 1. The number of hydrazone groups is 1. The van der Waals surface area contributed by atoms with Gasteiger partial charge in [0.25, 0.3) is 5.91 Å². The summed E-state index contributed by atoms with van der Waals surface area (Å²) in [5, 5.41) is 4.16. The van der Waals surface area contributed by atoms with Crippen LogP contribution in [0, 0.1) is 5.41 Å². The first-order valence-electron chi connectivity index (χ1n) is 10.7. The normalized spacial score (nSPS) is 12.3. The number of carbonyl (C=O) groups is 1. The molecule has 0 aliphatic rings. The molecule has 0 saturated heterocycles. The van der Waals surface area contributed by atoms with Gasteiger partial charge in [0, 0.05) is 5.56 Å². The molecule has 0 unspecified atom stereocenters. The van der Waals surface area contributed by atoms with Crippen LogP contribution in [0.3, 0.4) is 0 Å². The van der Waals surface area contributed by atoms with Crippen molar-refractivity contribution in [1.82, 2.24) is 5.43 Å². The second-order valence-electron chi connectivity index (χ2n) is 9.74. The molecule has 0 atom stereocenters. The lowest BCUT2D eigenvalue weighted by atomic mass is 9.72. The van der Waals surface area contributed by atoms with Crippen molar-refractivity contribution >= 4 is 11.6 Å². The van der Waals surface area contributed by atoms with Crippen LogP contribution in [0.4, 0.5) is 0 Å². The van der Waals surface area contributed by atoms with Gasteiger partial charge in [-0.2, -0.15) is 5.10 Å². The zero-order valence-corrected chi connectivity index (χ0v) is 20.5. The van der Waals surface area contributed by atoms with E-state index in [2.05, 4.69) is 57.3 Å². The molecular weight excluding hydrogens is 404 g/mol. The maximum atomic E-state index is 12.2. The molecule has 2 rings (SSSR count). The van der Waals surface area contributed by atoms with Gasteiger partial charge in [0.1, 0.15) is 5.75 Å². The van der Waals surface area contributed by atoms with Gasteiger partial charge in [0.05, 0.1) is 19.9 Å². The Hall–Kier alpha value is -3.02. The molecule has 0 fully saturated rings. The van der Waals surface area contributed by atoms with Gasteiger partial charge in [0.15, 0.2) is 18.1 Å². The Balaban J connectivity index is 1.93. The highest BCUT2D eigenvalue weighted by Gasteiger charge is 2.27. The van der Waals surface area contributed by atoms with E-state index in [0.717, 1.165) is 12.0 Å². The number of methoxy groups -OCH3 is 2. The number of ether oxygens (including phenoxy) is 3. The molecule has 0 saturated carbocycles. The van der Waals surface area contributed by atoms with Crippen LogP contribution in [-0.4, -0.2) is 32.4 Å². The predicted molar refractivity (Wildman–Crippen MR) is 129 cm³/mol. The maximum Gasteiger partial charge on any atom is 0.277 e. The maximum absolute atomic E-state index is 12.2. The lowest BCUT2D eigenvalue weighted by Gasteiger charge is -2.33. The quantitative estimate of drug-likeness (QED) is 0.422. The van der Waals surface area contributed by atoms with E-state index >= 15 is 0 Å². The standard InChI is InChI=1S/C26H36N2O4/c1-18(19-9-14-22(30-7)23(15-19)31-8)27-28-24(29)16-32-21-12-10-20(11-13-21)26(5,6)17-25(2,3)4/h9-15H,16-17H2,1-8H3,(H,28,29). The van der Waals surface area contributed by atoms with E-state index in [4.69, 9.17) is 14.2 Å². The number of hydrogen-bond donors (Lipinski definition) is 1. The van der Waals surface area contributed by atoms with Crippen LogP contribution in [0.15, 0.2) is 47.6 Å². The smallest absolute Gasteiger partial charge is 0.277 e. The zero-order valence-electron chi connectivity index (χ0n) is 20.5. The summed E-state index contributed by atoms with van der Waals surface area (Å²) in [5.41, 5.74) is 5.54. The molecule has 0 aromatic heterocycles. The summed E-state index contributed by atoms with van der Waals surface area (Å²) in [7, 11) is 3.16. The molecule has 0 bridgehead atoms. The molecule has 1 amide bonds. The minimum Gasteiger partial charge on any atom is -0.493 e. The molecule has 174 valence electrons. The van der Waals surface area contributed by atoms with Crippen LogP contribution < -0.4 is 19.6 Å². The van der Waals surface area contributed by atoms with E-state index in [0.29, 0.717) is 23.0 Å². The van der Waals surface area contributed by atoms with E-state index in [1.165, 1.54) is 5.56 Å². The van der Waals surface area contributed by atoms with Crippen molar-refractivity contribution < 1.29 is 19.0 Å². The Morgan fingerprint density at radius 1 is 0.938 bits per heavy atom. The SMILES string of the molecule is COc1ccc(C(C)=NNC(=O)COc2ccc(C(C)(C)CC(C)(C)C)cc2)cc1OC. The molecule has 6 heteroatoms. The Labute approximate surface area is 192 Å². The van der Waals surface area contributed by atoms with E-state index in [9.17, 15) is 4.79 Å². The Kier molecular flexibility index (Phi) is 8.31. The van der Waals surface area contributed by atoms with Gasteiger partial charge in [-0.25, -0.2) is 5.43 Å². The summed E-state index contributed by atoms with van der Waals surface area (Å²) < 4.78 is 16.2. The highest BCUT2D eigenvalue weighted by Crippen LogP contribution is 2.36. The zero-order chi connectivity index (χ0) is 23.9. The lowest BCUT2D eigenvalue weighted by Crippen LogP contribution is -2.26. The van der Waals surface area contributed by atoms with E-state index < -0.39 is 0 Å². The average molecular weight is 441 g/mol. The molecule has 32 heavy (non-hydrogen) atoms. The number of benzene rings is 2. The fraction of sp³-hybridized carbons (Fsp3) is 0.462. The van der Waals surface area contributed by atoms with Crippen molar-refractivity contribution in [3.63, 3.8) is 0 Å². The van der Waals surface area contributed by atoms with Crippen LogP contribution in [0.1, 0.15) is 59.1 Å². The summed E-state index contributed by atoms with van der Waals surface area (Å²) in [6.07, 6.45) is 1.07. The number of carbonyl (C=O) groups excluding carboxylic acids is 1. The van der Waals surface area contributed by atoms with E-state index in [1.807, 2.05) is 24.3 Å². The summed E-state index contributed by atoms with van der Waals surface area (Å²) in [6, 6.07) is 13.4. The van der Waals surface area contributed by atoms with E-state index in [1.54, 1.807) is 27.2 Å². The highest BCUT2D eigenvalue weighted by molar-refractivity contribution is 5.99. The molecule has 0 aliphatic heterocycles. The highest BCUT2D eigenvalue weighted by atomic mass is 16.5. The summed E-state index contributed by atoms with van der Waals surface area (Å²) in [6.45, 7) is 12.9. The second kappa shape index (κ2) is 10.5. The first-order valence-corrected chi connectivity index (χ1v) is 10.7. The van der Waals surface area contributed by atoms with Crippen molar-refractivity contribution in [2.45, 2.75) is 53.4 Å². The van der Waals surface area contributed by atoms with Crippen LogP contribution in [0.25, 0.3) is 0 Å². The van der Waals surface area contributed by atoms with Gasteiger partial charge in [-0.3, -0.25) is 4.79 Å². The predicted octanol–water partition coefficient (Wildman–Crippen LogP) is 5.34. The summed E-state index contributed by atoms with van der Waals surface area (Å²) in [5.74, 6) is 1.55. The fourth-order valence-corrected chi connectivity index (χ4v) is 3.88. The number of hydrogen-bond acceptors (Lipinski definition) is 5. The molecule has 0 radical (unpaired) electrons. The van der Waals surface area contributed by atoms with Gasteiger partial charge in [-0.15, -0.1) is 0 Å². The summed E-state index contributed by atoms with van der Waals surface area (Å²) >= 11 is 0. The van der Waals surface area contributed by atoms with Crippen LogP contribution in [0.2, 0.25) is 0 Å². The van der Waals surface area contributed by atoms with Crippen molar-refractivity contribution in [2.24, 2.45) is 10.5 Å². The van der Waals surface area contributed by atoms with Crippen LogP contribution in [-0.2, 0) is 10.2 Å². The topological polar surface area (TPSA) is 69.2 Å². The summed E-state index contributed by atoms with van der Waals surface area (Å²) in [4.78, 5) is 12.2. The Morgan fingerprint density at radius 3 is 2.12 bits per heavy atom. The monoisotopic (exact) mass is 440 g/mol. The van der Waals surface area contributed by atoms with Crippen LogP contribution >= 0.6 is 0 Å². The first kappa shape index (κ1) is 25.2. The first-order chi connectivity index (χ1) is 14.9. The largest absolute Gasteiger partial charge is 0.493 e. The third kappa shape index (κ3) is 7.29. The van der Waals surface area contributed by atoms with Gasteiger partial charge in [0.2, 0.25) is 0 Å². The van der Waals surface area contributed by atoms with Crippen LogP contribution in [0.5, 0.6) is 17.2 Å². The van der Waals surface area contributed by atoms with Gasteiger partial charge in [-0.1, -0.05) is 46.8 Å².